The molecule has 2 aliphatic rings. The molecule has 0 amide bonds. The third kappa shape index (κ3) is 1.84. The molecule has 1 aliphatic heterocycles. The van der Waals surface area contributed by atoms with Crippen molar-refractivity contribution in [3.05, 3.63) is 0 Å². The maximum absolute atomic E-state index is 6.14. The fourth-order valence-corrected chi connectivity index (χ4v) is 3.75. The van der Waals surface area contributed by atoms with Gasteiger partial charge in [0.15, 0.2) is 5.96 Å². The SMILES string of the molecule is CCC(C)N1C(N)=NCC12CCCC(C)C2C. The number of hydrogen-bond acceptors (Lipinski definition) is 3. The zero-order valence-corrected chi connectivity index (χ0v) is 11.7. The van der Waals surface area contributed by atoms with Gasteiger partial charge in [-0.3, -0.25) is 4.99 Å². The molecule has 1 aliphatic carbocycles. The fraction of sp³-hybridized carbons (Fsp3) is 0.929. The molecule has 4 atom stereocenters. The van der Waals surface area contributed by atoms with Crippen molar-refractivity contribution in [1.29, 1.82) is 0 Å². The Labute approximate surface area is 105 Å². The van der Waals surface area contributed by atoms with Crippen molar-refractivity contribution in [1.82, 2.24) is 4.90 Å². The summed E-state index contributed by atoms with van der Waals surface area (Å²) in [5, 5.41) is 0. The first-order chi connectivity index (χ1) is 8.03. The minimum atomic E-state index is 0.219. The summed E-state index contributed by atoms with van der Waals surface area (Å²) >= 11 is 0. The molecule has 98 valence electrons. The maximum Gasteiger partial charge on any atom is 0.192 e. The second kappa shape index (κ2) is 4.51. The van der Waals surface area contributed by atoms with Crippen LogP contribution in [0, 0.1) is 11.8 Å². The van der Waals surface area contributed by atoms with Gasteiger partial charge in [0.1, 0.15) is 0 Å². The molecule has 17 heavy (non-hydrogen) atoms. The van der Waals surface area contributed by atoms with Crippen LogP contribution in [0.3, 0.4) is 0 Å². The molecule has 0 saturated heterocycles. The smallest absolute Gasteiger partial charge is 0.192 e. The molecule has 1 spiro atoms. The third-order valence-corrected chi connectivity index (χ3v) is 5.24. The molecule has 0 aromatic rings. The Morgan fingerprint density at radius 3 is 2.88 bits per heavy atom. The van der Waals surface area contributed by atoms with Crippen LogP contribution in [0.25, 0.3) is 0 Å². The van der Waals surface area contributed by atoms with E-state index in [1.165, 1.54) is 19.3 Å². The Morgan fingerprint density at radius 2 is 2.24 bits per heavy atom. The molecule has 1 saturated carbocycles. The highest BCUT2D eigenvalue weighted by atomic mass is 15.4. The molecule has 2 rings (SSSR count). The predicted molar refractivity (Wildman–Crippen MR) is 73.0 cm³/mol. The number of hydrogen-bond donors (Lipinski definition) is 1. The third-order valence-electron chi connectivity index (χ3n) is 5.24. The summed E-state index contributed by atoms with van der Waals surface area (Å²) in [5.41, 5.74) is 6.36. The molecule has 1 heterocycles. The highest BCUT2D eigenvalue weighted by molar-refractivity contribution is 5.81. The molecular weight excluding hydrogens is 210 g/mol. The van der Waals surface area contributed by atoms with Gasteiger partial charge in [0.2, 0.25) is 0 Å². The first-order valence-electron chi connectivity index (χ1n) is 7.12. The first-order valence-corrected chi connectivity index (χ1v) is 7.12. The molecule has 3 heteroatoms. The highest BCUT2D eigenvalue weighted by Gasteiger charge is 2.50. The second-order valence-corrected chi connectivity index (χ2v) is 6.06. The van der Waals surface area contributed by atoms with E-state index in [2.05, 4.69) is 37.6 Å². The van der Waals surface area contributed by atoms with Gasteiger partial charge < -0.3 is 10.6 Å². The van der Waals surface area contributed by atoms with Crippen LogP contribution < -0.4 is 5.73 Å². The lowest BCUT2D eigenvalue weighted by atomic mass is 9.67. The van der Waals surface area contributed by atoms with Gasteiger partial charge in [0.05, 0.1) is 12.1 Å². The average molecular weight is 237 g/mol. The number of nitrogens with zero attached hydrogens (tertiary/aromatic N) is 2. The monoisotopic (exact) mass is 237 g/mol. The molecule has 2 N–H and O–H groups in total. The highest BCUT2D eigenvalue weighted by Crippen LogP contribution is 2.45. The largest absolute Gasteiger partial charge is 0.370 e. The number of guanidine groups is 1. The fourth-order valence-electron chi connectivity index (χ4n) is 3.75. The summed E-state index contributed by atoms with van der Waals surface area (Å²) in [4.78, 5) is 7.01. The van der Waals surface area contributed by atoms with Crippen molar-refractivity contribution < 1.29 is 0 Å². The van der Waals surface area contributed by atoms with Crippen LogP contribution in [0.5, 0.6) is 0 Å². The minimum absolute atomic E-state index is 0.219. The van der Waals surface area contributed by atoms with Crippen LogP contribution >= 0.6 is 0 Å². The van der Waals surface area contributed by atoms with Gasteiger partial charge in [-0.1, -0.05) is 33.6 Å². The molecule has 1 fully saturated rings. The van der Waals surface area contributed by atoms with E-state index in [0.29, 0.717) is 12.0 Å². The first kappa shape index (κ1) is 12.7. The van der Waals surface area contributed by atoms with Crippen molar-refractivity contribution in [2.24, 2.45) is 22.6 Å². The zero-order valence-electron chi connectivity index (χ0n) is 11.7. The van der Waals surface area contributed by atoms with Gasteiger partial charge in [-0.2, -0.15) is 0 Å². The summed E-state index contributed by atoms with van der Waals surface area (Å²) in [5.74, 6) is 2.26. The average Bonchev–Trinajstić information content (AvgIpc) is 2.64. The summed E-state index contributed by atoms with van der Waals surface area (Å²) < 4.78 is 0. The lowest BCUT2D eigenvalue weighted by molar-refractivity contribution is 0.0272. The van der Waals surface area contributed by atoms with Crippen LogP contribution in [-0.2, 0) is 0 Å². The number of nitrogens with two attached hydrogens (primary N) is 1. The zero-order chi connectivity index (χ0) is 12.6. The van der Waals surface area contributed by atoms with Gasteiger partial charge in [-0.25, -0.2) is 0 Å². The number of aliphatic imine (C=N–C) groups is 1. The van der Waals surface area contributed by atoms with E-state index in [1.54, 1.807) is 0 Å². The van der Waals surface area contributed by atoms with Crippen molar-refractivity contribution in [2.45, 2.75) is 65.0 Å². The van der Waals surface area contributed by atoms with Crippen molar-refractivity contribution in [3.8, 4) is 0 Å². The topological polar surface area (TPSA) is 41.6 Å². The van der Waals surface area contributed by atoms with Crippen molar-refractivity contribution in [2.75, 3.05) is 6.54 Å². The molecule has 4 unspecified atom stereocenters. The predicted octanol–water partition coefficient (Wildman–Crippen LogP) is 2.61. The molecule has 0 aromatic heterocycles. The lowest BCUT2D eigenvalue weighted by Crippen LogP contribution is -2.61. The van der Waals surface area contributed by atoms with Crippen LogP contribution in [-0.4, -0.2) is 29.0 Å². The lowest BCUT2D eigenvalue weighted by Gasteiger charge is -2.51. The Kier molecular flexibility index (Phi) is 3.37. The van der Waals surface area contributed by atoms with Gasteiger partial charge >= 0.3 is 0 Å². The van der Waals surface area contributed by atoms with Crippen molar-refractivity contribution >= 4 is 5.96 Å². The Morgan fingerprint density at radius 1 is 1.53 bits per heavy atom. The molecule has 0 bridgehead atoms. The normalized spacial score (nSPS) is 39.5. The van der Waals surface area contributed by atoms with E-state index in [-0.39, 0.29) is 5.54 Å². The van der Waals surface area contributed by atoms with Crippen LogP contribution in [0.4, 0.5) is 0 Å². The van der Waals surface area contributed by atoms with Gasteiger partial charge in [-0.05, 0) is 31.6 Å². The molecule has 0 aromatic carbocycles. The molecular formula is C14H27N3. The van der Waals surface area contributed by atoms with Crippen LogP contribution in [0.15, 0.2) is 4.99 Å². The molecule has 0 radical (unpaired) electrons. The Balaban J connectivity index is 2.29. The summed E-state index contributed by atoms with van der Waals surface area (Å²) in [6.45, 7) is 10.2. The molecule has 3 nitrogen and oxygen atoms in total. The minimum Gasteiger partial charge on any atom is -0.370 e. The van der Waals surface area contributed by atoms with E-state index < -0.39 is 0 Å². The van der Waals surface area contributed by atoms with Crippen molar-refractivity contribution in [3.63, 3.8) is 0 Å². The quantitative estimate of drug-likeness (QED) is 0.802. The summed E-state index contributed by atoms with van der Waals surface area (Å²) in [6, 6.07) is 0.508. The van der Waals surface area contributed by atoms with Gasteiger partial charge in [0.25, 0.3) is 0 Å². The second-order valence-electron chi connectivity index (χ2n) is 6.06. The van der Waals surface area contributed by atoms with Crippen LogP contribution in [0.2, 0.25) is 0 Å². The van der Waals surface area contributed by atoms with E-state index in [1.807, 2.05) is 0 Å². The van der Waals surface area contributed by atoms with Gasteiger partial charge in [0, 0.05) is 6.04 Å². The van der Waals surface area contributed by atoms with Gasteiger partial charge in [-0.15, -0.1) is 0 Å². The maximum atomic E-state index is 6.14. The Hall–Kier alpha value is -0.730. The van der Waals surface area contributed by atoms with Crippen LogP contribution in [0.1, 0.15) is 53.4 Å². The Bertz CT molecular complexity index is 313. The van der Waals surface area contributed by atoms with E-state index >= 15 is 0 Å². The summed E-state index contributed by atoms with van der Waals surface area (Å²) in [7, 11) is 0. The van der Waals surface area contributed by atoms with E-state index in [9.17, 15) is 0 Å². The van der Waals surface area contributed by atoms with E-state index in [0.717, 1.165) is 24.8 Å². The number of rotatable bonds is 2. The summed E-state index contributed by atoms with van der Waals surface area (Å²) in [6.07, 6.45) is 5.07. The van der Waals surface area contributed by atoms with E-state index in [4.69, 9.17) is 5.73 Å². The standard InChI is InChI=1S/C14H27N3/c1-5-11(3)17-13(15)16-9-14(17)8-6-7-10(2)12(14)4/h10-12H,5-9H2,1-4H3,(H2,15,16).